The highest BCUT2D eigenvalue weighted by molar-refractivity contribution is 4.75. The second kappa shape index (κ2) is 5.56. The highest BCUT2D eigenvalue weighted by Crippen LogP contribution is 2.31. The Morgan fingerprint density at radius 2 is 1.64 bits per heavy atom. The van der Waals surface area contributed by atoms with Crippen LogP contribution in [-0.2, 0) is 0 Å². The highest BCUT2D eigenvalue weighted by Gasteiger charge is 2.26. The van der Waals surface area contributed by atoms with Gasteiger partial charge in [-0.3, -0.25) is 0 Å². The number of rotatable bonds is 0. The molecule has 1 fully saturated rings. The molecule has 0 heterocycles. The van der Waals surface area contributed by atoms with Crippen LogP contribution in [-0.4, -0.2) is 6.17 Å². The molecule has 0 aromatic carbocycles. The standard InChI is InChI=1S/C8H15F.C2H6/c1-6-4-3-5-8(9)7(6)2;1-2/h6-8H,3-5H2,1-2H3;1-2H3. The maximum absolute atomic E-state index is 12.8. The molecule has 0 aromatic heterocycles. The van der Waals surface area contributed by atoms with E-state index in [1.807, 2.05) is 20.8 Å². The van der Waals surface area contributed by atoms with Gasteiger partial charge < -0.3 is 0 Å². The molecule has 3 atom stereocenters. The van der Waals surface area contributed by atoms with Crippen molar-refractivity contribution in [1.29, 1.82) is 0 Å². The number of alkyl halides is 1. The zero-order chi connectivity index (χ0) is 8.85. The van der Waals surface area contributed by atoms with E-state index < -0.39 is 6.17 Å². The zero-order valence-corrected chi connectivity index (χ0v) is 8.23. The molecule has 0 aromatic rings. The van der Waals surface area contributed by atoms with Gasteiger partial charge in [0.25, 0.3) is 0 Å². The van der Waals surface area contributed by atoms with Gasteiger partial charge in [0, 0.05) is 0 Å². The molecule has 1 aliphatic carbocycles. The normalized spacial score (nSPS) is 37.4. The molecule has 0 bridgehead atoms. The van der Waals surface area contributed by atoms with Crippen molar-refractivity contribution in [3.05, 3.63) is 0 Å². The number of hydrogen-bond donors (Lipinski definition) is 0. The van der Waals surface area contributed by atoms with Gasteiger partial charge in [-0.15, -0.1) is 0 Å². The molecule has 0 N–H and O–H groups in total. The first kappa shape index (κ1) is 10.9. The Bertz CT molecular complexity index is 80.9. The van der Waals surface area contributed by atoms with Gasteiger partial charge in [0.1, 0.15) is 6.17 Å². The van der Waals surface area contributed by atoms with Crippen molar-refractivity contribution in [2.75, 3.05) is 0 Å². The van der Waals surface area contributed by atoms with Gasteiger partial charge in [-0.2, -0.15) is 0 Å². The van der Waals surface area contributed by atoms with Gasteiger partial charge >= 0.3 is 0 Å². The summed E-state index contributed by atoms with van der Waals surface area (Å²) in [5.74, 6) is 0.910. The van der Waals surface area contributed by atoms with Crippen LogP contribution < -0.4 is 0 Å². The van der Waals surface area contributed by atoms with Crippen LogP contribution >= 0.6 is 0 Å². The second-order valence-electron chi connectivity index (χ2n) is 3.28. The molecule has 3 unspecified atom stereocenters. The Balaban J connectivity index is 0.000000461. The Morgan fingerprint density at radius 3 is 2.00 bits per heavy atom. The van der Waals surface area contributed by atoms with E-state index in [4.69, 9.17) is 0 Å². The van der Waals surface area contributed by atoms with Crippen LogP contribution in [0.25, 0.3) is 0 Å². The lowest BCUT2D eigenvalue weighted by molar-refractivity contribution is 0.130. The third-order valence-electron chi connectivity index (χ3n) is 2.61. The maximum atomic E-state index is 12.8. The fourth-order valence-corrected chi connectivity index (χ4v) is 1.52. The molecule has 1 heteroatoms. The van der Waals surface area contributed by atoms with E-state index in [0.29, 0.717) is 11.8 Å². The van der Waals surface area contributed by atoms with E-state index in [1.165, 1.54) is 6.42 Å². The Kier molecular flexibility index (Phi) is 5.53. The summed E-state index contributed by atoms with van der Waals surface area (Å²) < 4.78 is 12.8. The zero-order valence-electron chi connectivity index (χ0n) is 8.23. The van der Waals surface area contributed by atoms with E-state index >= 15 is 0 Å². The van der Waals surface area contributed by atoms with E-state index in [0.717, 1.165) is 12.8 Å². The van der Waals surface area contributed by atoms with Gasteiger partial charge in [-0.05, 0) is 18.3 Å². The first-order valence-electron chi connectivity index (χ1n) is 4.86. The van der Waals surface area contributed by atoms with Gasteiger partial charge in [-0.25, -0.2) is 4.39 Å². The van der Waals surface area contributed by atoms with Crippen LogP contribution in [0, 0.1) is 11.8 Å². The van der Waals surface area contributed by atoms with Gasteiger partial charge in [0.2, 0.25) is 0 Å². The van der Waals surface area contributed by atoms with Crippen molar-refractivity contribution in [2.45, 2.75) is 53.1 Å². The number of hydrogen-bond acceptors (Lipinski definition) is 0. The van der Waals surface area contributed by atoms with Crippen LogP contribution in [0.15, 0.2) is 0 Å². The fourth-order valence-electron chi connectivity index (χ4n) is 1.52. The van der Waals surface area contributed by atoms with E-state index in [9.17, 15) is 4.39 Å². The topological polar surface area (TPSA) is 0 Å². The van der Waals surface area contributed by atoms with Crippen molar-refractivity contribution >= 4 is 0 Å². The van der Waals surface area contributed by atoms with Gasteiger partial charge in [-0.1, -0.05) is 40.5 Å². The molecule has 0 nitrogen and oxygen atoms in total. The SMILES string of the molecule is CC.CC1CCCC(F)C1C. The van der Waals surface area contributed by atoms with Crippen molar-refractivity contribution in [2.24, 2.45) is 11.8 Å². The van der Waals surface area contributed by atoms with Crippen molar-refractivity contribution in [1.82, 2.24) is 0 Å². The summed E-state index contributed by atoms with van der Waals surface area (Å²) in [6, 6.07) is 0. The molecule has 0 radical (unpaired) electrons. The molecule has 68 valence electrons. The summed E-state index contributed by atoms with van der Waals surface area (Å²) in [6.07, 6.45) is 2.59. The first-order valence-corrected chi connectivity index (χ1v) is 4.86. The predicted molar refractivity (Wildman–Crippen MR) is 48.4 cm³/mol. The average Bonchev–Trinajstić information content (AvgIpc) is 2.04. The quantitative estimate of drug-likeness (QED) is 0.505. The van der Waals surface area contributed by atoms with E-state index in [1.54, 1.807) is 0 Å². The molecule has 0 aliphatic heterocycles. The molecular weight excluding hydrogens is 139 g/mol. The summed E-state index contributed by atoms with van der Waals surface area (Å²) in [5.41, 5.74) is 0. The minimum atomic E-state index is -0.520. The summed E-state index contributed by atoms with van der Waals surface area (Å²) in [4.78, 5) is 0. The maximum Gasteiger partial charge on any atom is 0.103 e. The van der Waals surface area contributed by atoms with Crippen LogP contribution in [0.1, 0.15) is 47.0 Å². The Labute approximate surface area is 70.2 Å². The fraction of sp³-hybridized carbons (Fsp3) is 1.00. The average molecular weight is 160 g/mol. The first-order chi connectivity index (χ1) is 5.22. The second-order valence-corrected chi connectivity index (χ2v) is 3.28. The van der Waals surface area contributed by atoms with Gasteiger partial charge in [0.15, 0.2) is 0 Å². The summed E-state index contributed by atoms with van der Waals surface area (Å²) in [5, 5.41) is 0. The van der Waals surface area contributed by atoms with Crippen LogP contribution in [0.5, 0.6) is 0 Å². The Hall–Kier alpha value is -0.0700. The highest BCUT2D eigenvalue weighted by atomic mass is 19.1. The molecule has 1 saturated carbocycles. The lowest BCUT2D eigenvalue weighted by atomic mass is 9.80. The third-order valence-corrected chi connectivity index (χ3v) is 2.61. The largest absolute Gasteiger partial charge is 0.247 e. The number of halogens is 1. The summed E-state index contributed by atoms with van der Waals surface area (Å²) in [7, 11) is 0. The monoisotopic (exact) mass is 160 g/mol. The molecule has 0 saturated heterocycles. The Morgan fingerprint density at radius 1 is 1.09 bits per heavy atom. The van der Waals surface area contributed by atoms with Crippen molar-refractivity contribution < 1.29 is 4.39 Å². The third kappa shape index (κ3) is 3.22. The van der Waals surface area contributed by atoms with Crippen LogP contribution in [0.4, 0.5) is 4.39 Å². The van der Waals surface area contributed by atoms with E-state index in [2.05, 4.69) is 6.92 Å². The van der Waals surface area contributed by atoms with E-state index in [-0.39, 0.29) is 0 Å². The minimum absolute atomic E-state index is 0.304. The molecule has 0 spiro atoms. The summed E-state index contributed by atoms with van der Waals surface area (Å²) >= 11 is 0. The lowest BCUT2D eigenvalue weighted by Gasteiger charge is -2.28. The minimum Gasteiger partial charge on any atom is -0.247 e. The molecular formula is C10H21F. The molecule has 0 amide bonds. The van der Waals surface area contributed by atoms with Crippen molar-refractivity contribution in [3.63, 3.8) is 0 Å². The van der Waals surface area contributed by atoms with Gasteiger partial charge in [0.05, 0.1) is 0 Å². The smallest absolute Gasteiger partial charge is 0.103 e. The van der Waals surface area contributed by atoms with Crippen molar-refractivity contribution in [3.8, 4) is 0 Å². The molecule has 1 rings (SSSR count). The molecule has 1 aliphatic rings. The summed E-state index contributed by atoms with van der Waals surface area (Å²) in [6.45, 7) is 8.17. The lowest BCUT2D eigenvalue weighted by Crippen LogP contribution is -2.24. The van der Waals surface area contributed by atoms with Crippen LogP contribution in [0.2, 0.25) is 0 Å². The molecule has 11 heavy (non-hydrogen) atoms. The van der Waals surface area contributed by atoms with Crippen LogP contribution in [0.3, 0.4) is 0 Å². The predicted octanol–water partition coefficient (Wildman–Crippen LogP) is 3.81.